The zero-order valence-electron chi connectivity index (χ0n) is 10.1. The SMILES string of the molecule is Cc1ccc([C@H](N)CC2CC2)c(O)c1[N+](=O)[O-].Cl. The molecule has 1 fully saturated rings. The highest BCUT2D eigenvalue weighted by atomic mass is 35.5. The van der Waals surface area contributed by atoms with Gasteiger partial charge in [-0.1, -0.05) is 25.0 Å². The van der Waals surface area contributed by atoms with Crippen LogP contribution in [-0.4, -0.2) is 10.0 Å². The summed E-state index contributed by atoms with van der Waals surface area (Å²) in [5, 5.41) is 20.8. The van der Waals surface area contributed by atoms with Gasteiger partial charge in [-0.25, -0.2) is 0 Å². The van der Waals surface area contributed by atoms with Crippen LogP contribution in [0, 0.1) is 23.0 Å². The van der Waals surface area contributed by atoms with E-state index in [1.54, 1.807) is 19.1 Å². The number of rotatable bonds is 4. The molecule has 1 aliphatic carbocycles. The fourth-order valence-electron chi connectivity index (χ4n) is 2.07. The molecule has 3 N–H and O–H groups in total. The van der Waals surface area contributed by atoms with Crippen molar-refractivity contribution in [3.05, 3.63) is 33.4 Å². The monoisotopic (exact) mass is 272 g/mol. The number of hydrogen-bond acceptors (Lipinski definition) is 4. The lowest BCUT2D eigenvalue weighted by molar-refractivity contribution is -0.386. The van der Waals surface area contributed by atoms with Crippen LogP contribution in [0.25, 0.3) is 0 Å². The van der Waals surface area contributed by atoms with Crippen LogP contribution in [0.2, 0.25) is 0 Å². The van der Waals surface area contributed by atoms with Crippen LogP contribution in [0.5, 0.6) is 5.75 Å². The molecule has 0 aliphatic heterocycles. The third-order valence-electron chi connectivity index (χ3n) is 3.25. The number of phenolic OH excluding ortho intramolecular Hbond substituents is 1. The Hall–Kier alpha value is -1.33. The van der Waals surface area contributed by atoms with Gasteiger partial charge in [-0.3, -0.25) is 10.1 Å². The van der Waals surface area contributed by atoms with Gasteiger partial charge < -0.3 is 10.8 Å². The van der Waals surface area contributed by atoms with Crippen LogP contribution in [0.3, 0.4) is 0 Å². The maximum Gasteiger partial charge on any atom is 0.313 e. The number of nitro groups is 1. The lowest BCUT2D eigenvalue weighted by Gasteiger charge is -2.13. The van der Waals surface area contributed by atoms with E-state index in [-0.39, 0.29) is 29.9 Å². The molecule has 1 atom stereocenters. The molecule has 0 unspecified atom stereocenters. The lowest BCUT2D eigenvalue weighted by Crippen LogP contribution is -2.12. The van der Waals surface area contributed by atoms with Crippen LogP contribution >= 0.6 is 12.4 Å². The van der Waals surface area contributed by atoms with Crippen molar-refractivity contribution in [1.29, 1.82) is 0 Å². The predicted molar refractivity (Wildman–Crippen MR) is 71.0 cm³/mol. The van der Waals surface area contributed by atoms with Crippen molar-refractivity contribution in [2.45, 2.75) is 32.2 Å². The standard InChI is InChI=1S/C12H16N2O3.ClH/c1-7-2-5-9(10(13)6-8-3-4-8)12(15)11(7)14(16)17;/h2,5,8,10,15H,3-4,6,13H2,1H3;1H/t10-;/m1./s1. The van der Waals surface area contributed by atoms with Crippen LogP contribution in [0.15, 0.2) is 12.1 Å². The molecule has 0 saturated heterocycles. The first-order valence-electron chi connectivity index (χ1n) is 5.73. The Morgan fingerprint density at radius 1 is 1.56 bits per heavy atom. The maximum atomic E-state index is 10.9. The van der Waals surface area contributed by atoms with Crippen LogP contribution in [0.1, 0.15) is 36.4 Å². The number of aromatic hydroxyl groups is 1. The summed E-state index contributed by atoms with van der Waals surface area (Å²) in [5.74, 6) is 0.341. The number of benzene rings is 1. The predicted octanol–water partition coefficient (Wildman–Crippen LogP) is 2.83. The van der Waals surface area contributed by atoms with E-state index in [1.807, 2.05) is 0 Å². The van der Waals surface area contributed by atoms with Crippen molar-refractivity contribution in [2.75, 3.05) is 0 Å². The van der Waals surface area contributed by atoms with Crippen molar-refractivity contribution < 1.29 is 10.0 Å². The number of phenols is 1. The van der Waals surface area contributed by atoms with Crippen molar-refractivity contribution >= 4 is 18.1 Å². The molecule has 0 bridgehead atoms. The molecule has 0 spiro atoms. The highest BCUT2D eigenvalue weighted by Crippen LogP contribution is 2.41. The Labute approximate surface area is 112 Å². The molecule has 1 saturated carbocycles. The van der Waals surface area contributed by atoms with Crippen molar-refractivity contribution in [3.8, 4) is 5.75 Å². The molecule has 0 aromatic heterocycles. The number of aryl methyl sites for hydroxylation is 1. The van der Waals surface area contributed by atoms with E-state index >= 15 is 0 Å². The molecule has 6 heteroatoms. The Kier molecular flexibility index (Phi) is 4.53. The average molecular weight is 273 g/mol. The normalized spacial score (nSPS) is 15.9. The number of nitro benzene ring substituents is 1. The zero-order valence-corrected chi connectivity index (χ0v) is 10.9. The molecule has 1 aliphatic rings. The highest BCUT2D eigenvalue weighted by molar-refractivity contribution is 5.85. The Morgan fingerprint density at radius 3 is 2.67 bits per heavy atom. The van der Waals surface area contributed by atoms with Crippen molar-refractivity contribution in [1.82, 2.24) is 0 Å². The highest BCUT2D eigenvalue weighted by Gasteiger charge is 2.28. The fraction of sp³-hybridized carbons (Fsp3) is 0.500. The fourth-order valence-corrected chi connectivity index (χ4v) is 2.07. The molecular formula is C12H17ClN2O3. The average Bonchev–Trinajstić information content (AvgIpc) is 3.00. The van der Waals surface area contributed by atoms with E-state index in [1.165, 1.54) is 12.8 Å². The molecule has 0 heterocycles. The van der Waals surface area contributed by atoms with E-state index in [4.69, 9.17) is 5.73 Å². The van der Waals surface area contributed by atoms with Crippen molar-refractivity contribution in [3.63, 3.8) is 0 Å². The Morgan fingerprint density at radius 2 is 2.17 bits per heavy atom. The summed E-state index contributed by atoms with van der Waals surface area (Å²) in [7, 11) is 0. The summed E-state index contributed by atoms with van der Waals surface area (Å²) >= 11 is 0. The molecule has 5 nitrogen and oxygen atoms in total. The number of nitrogens with two attached hydrogens (primary N) is 1. The van der Waals surface area contributed by atoms with Gasteiger partial charge in [-0.15, -0.1) is 12.4 Å². The molecule has 2 rings (SSSR count). The molecule has 1 aromatic rings. The first-order chi connectivity index (χ1) is 8.00. The molecule has 100 valence electrons. The van der Waals surface area contributed by atoms with Gasteiger partial charge in [0.2, 0.25) is 0 Å². The summed E-state index contributed by atoms with van der Waals surface area (Å²) in [6, 6.07) is 3.01. The van der Waals surface area contributed by atoms with E-state index in [2.05, 4.69) is 0 Å². The van der Waals surface area contributed by atoms with E-state index < -0.39 is 4.92 Å². The summed E-state index contributed by atoms with van der Waals surface area (Å²) in [5.41, 5.74) is 6.68. The smallest absolute Gasteiger partial charge is 0.313 e. The van der Waals surface area contributed by atoms with Gasteiger partial charge >= 0.3 is 5.69 Å². The first kappa shape index (κ1) is 14.7. The third-order valence-corrected chi connectivity index (χ3v) is 3.25. The van der Waals surface area contributed by atoms with Crippen LogP contribution in [0.4, 0.5) is 5.69 Å². The van der Waals surface area contributed by atoms with Gasteiger partial charge in [0.1, 0.15) is 0 Å². The topological polar surface area (TPSA) is 89.4 Å². The van der Waals surface area contributed by atoms with Gasteiger partial charge in [-0.05, 0) is 19.3 Å². The summed E-state index contributed by atoms with van der Waals surface area (Å²) in [6.07, 6.45) is 3.12. The summed E-state index contributed by atoms with van der Waals surface area (Å²) in [6.45, 7) is 1.61. The second-order valence-electron chi connectivity index (χ2n) is 4.71. The number of halogens is 1. The van der Waals surface area contributed by atoms with Crippen molar-refractivity contribution in [2.24, 2.45) is 11.7 Å². The van der Waals surface area contributed by atoms with Gasteiger partial charge in [0.05, 0.1) is 4.92 Å². The molecule has 18 heavy (non-hydrogen) atoms. The molecule has 0 radical (unpaired) electrons. The lowest BCUT2D eigenvalue weighted by atomic mass is 9.98. The minimum atomic E-state index is -0.558. The van der Waals surface area contributed by atoms with E-state index in [0.29, 0.717) is 17.0 Å². The van der Waals surface area contributed by atoms with Crippen LogP contribution < -0.4 is 5.73 Å². The van der Waals surface area contributed by atoms with Gasteiger partial charge in [0, 0.05) is 17.2 Å². The maximum absolute atomic E-state index is 10.9. The molecular weight excluding hydrogens is 256 g/mol. The zero-order chi connectivity index (χ0) is 12.6. The minimum Gasteiger partial charge on any atom is -0.502 e. The summed E-state index contributed by atoms with van der Waals surface area (Å²) in [4.78, 5) is 10.3. The largest absolute Gasteiger partial charge is 0.502 e. The quantitative estimate of drug-likeness (QED) is 0.651. The third kappa shape index (κ3) is 2.91. The van der Waals surface area contributed by atoms with Gasteiger partial charge in [-0.2, -0.15) is 0 Å². The van der Waals surface area contributed by atoms with E-state index in [9.17, 15) is 15.2 Å². The van der Waals surface area contributed by atoms with Crippen LogP contribution in [-0.2, 0) is 0 Å². The summed E-state index contributed by atoms with van der Waals surface area (Å²) < 4.78 is 0. The minimum absolute atomic E-state index is 0. The first-order valence-corrected chi connectivity index (χ1v) is 5.73. The molecule has 1 aromatic carbocycles. The van der Waals surface area contributed by atoms with Gasteiger partial charge in [0.15, 0.2) is 5.75 Å². The number of hydrogen-bond donors (Lipinski definition) is 2. The van der Waals surface area contributed by atoms with E-state index in [0.717, 1.165) is 6.42 Å². The Bertz CT molecular complexity index is 461. The second-order valence-corrected chi connectivity index (χ2v) is 4.71. The number of nitrogens with zero attached hydrogens (tertiary/aromatic N) is 1. The molecule has 0 amide bonds. The Balaban J connectivity index is 0.00000162. The second kappa shape index (κ2) is 5.54. The van der Waals surface area contributed by atoms with Gasteiger partial charge in [0.25, 0.3) is 0 Å².